The number of aromatic amines is 1. The number of piperidine rings is 1. The number of benzene rings is 1. The van der Waals surface area contributed by atoms with Crippen LogP contribution in [0.25, 0.3) is 11.0 Å². The second kappa shape index (κ2) is 9.84. The van der Waals surface area contributed by atoms with Gasteiger partial charge in [0.15, 0.2) is 6.67 Å². The van der Waals surface area contributed by atoms with Gasteiger partial charge < -0.3 is 20.3 Å². The van der Waals surface area contributed by atoms with Gasteiger partial charge in [-0.2, -0.15) is 0 Å². The smallest absolute Gasteiger partial charge is 0.266 e. The number of aliphatic hydroxyl groups is 1. The van der Waals surface area contributed by atoms with Gasteiger partial charge in [-0.05, 0) is 32.8 Å². The van der Waals surface area contributed by atoms with Crippen molar-refractivity contribution >= 4 is 22.8 Å². The number of rotatable bonds is 6. The number of aryl methyl sites for hydroxylation is 1. The number of pyridine rings is 1. The Labute approximate surface area is 203 Å². The standard InChI is InChI=1S/C24H25F4N5O3/c1-12(14-4-3-5-15(19(14)26)20(27)28)29-21-16-10-17(23(35)32-22(16)31-13(2)30-21)24(36)6-8-33(9-7-24)18(34)11-25/h3-5,10,12,20,36H,6-9,11H2,1-2H3,(H2,29,30,31,32,35). The van der Waals surface area contributed by atoms with E-state index in [1.165, 1.54) is 23.1 Å². The first-order valence-corrected chi connectivity index (χ1v) is 11.4. The number of amides is 1. The molecule has 0 saturated carbocycles. The van der Waals surface area contributed by atoms with Gasteiger partial charge >= 0.3 is 0 Å². The third-order valence-corrected chi connectivity index (χ3v) is 6.49. The lowest BCUT2D eigenvalue weighted by Gasteiger charge is -2.37. The highest BCUT2D eigenvalue weighted by Gasteiger charge is 2.38. The van der Waals surface area contributed by atoms with Crippen LogP contribution in [0.1, 0.15) is 54.7 Å². The lowest BCUT2D eigenvalue weighted by molar-refractivity contribution is -0.136. The van der Waals surface area contributed by atoms with Gasteiger partial charge in [0, 0.05) is 24.2 Å². The van der Waals surface area contributed by atoms with Crippen LogP contribution in [0.4, 0.5) is 23.4 Å². The number of hydrogen-bond acceptors (Lipinski definition) is 6. The Balaban J connectivity index is 1.71. The van der Waals surface area contributed by atoms with Gasteiger partial charge in [0.25, 0.3) is 17.9 Å². The molecule has 36 heavy (non-hydrogen) atoms. The third-order valence-electron chi connectivity index (χ3n) is 6.49. The average Bonchev–Trinajstić information content (AvgIpc) is 2.83. The fraction of sp³-hybridized carbons (Fsp3) is 0.417. The van der Waals surface area contributed by atoms with Crippen LogP contribution in [0.2, 0.25) is 0 Å². The Morgan fingerprint density at radius 1 is 1.25 bits per heavy atom. The normalized spacial score (nSPS) is 16.4. The van der Waals surface area contributed by atoms with E-state index in [1.807, 2.05) is 0 Å². The maximum atomic E-state index is 14.7. The molecule has 0 radical (unpaired) electrons. The predicted octanol–water partition coefficient (Wildman–Crippen LogP) is 3.66. The minimum atomic E-state index is -2.97. The van der Waals surface area contributed by atoms with Crippen LogP contribution >= 0.6 is 0 Å². The molecule has 1 unspecified atom stereocenters. The Kier molecular flexibility index (Phi) is 6.98. The maximum Gasteiger partial charge on any atom is 0.266 e. The summed E-state index contributed by atoms with van der Waals surface area (Å²) in [5.74, 6) is -1.21. The van der Waals surface area contributed by atoms with Crippen molar-refractivity contribution in [3.8, 4) is 0 Å². The molecule has 3 N–H and O–H groups in total. The summed E-state index contributed by atoms with van der Waals surface area (Å²) >= 11 is 0. The van der Waals surface area contributed by atoms with E-state index >= 15 is 0 Å². The molecular formula is C24H25F4N5O3. The second-order valence-corrected chi connectivity index (χ2v) is 8.86. The number of H-pyrrole nitrogens is 1. The third kappa shape index (κ3) is 4.77. The molecule has 1 aliphatic heterocycles. The number of nitrogens with one attached hydrogen (secondary N) is 2. The molecule has 4 rings (SSSR count). The maximum absolute atomic E-state index is 14.7. The van der Waals surface area contributed by atoms with E-state index in [0.717, 1.165) is 6.07 Å². The van der Waals surface area contributed by atoms with Gasteiger partial charge in [0.1, 0.15) is 23.1 Å². The Bertz CT molecular complexity index is 1360. The summed E-state index contributed by atoms with van der Waals surface area (Å²) in [5.41, 5.74) is -2.68. The van der Waals surface area contributed by atoms with Gasteiger partial charge in [-0.15, -0.1) is 0 Å². The first kappa shape index (κ1) is 25.5. The molecule has 0 spiro atoms. The number of halogens is 4. The van der Waals surface area contributed by atoms with Crippen LogP contribution < -0.4 is 10.9 Å². The SMILES string of the molecule is Cc1nc(NC(C)c2cccc(C(F)F)c2F)c2cc(C3(O)CCN(C(=O)CF)CC3)c(=O)[nH]c2n1. The molecule has 3 heterocycles. The summed E-state index contributed by atoms with van der Waals surface area (Å²) in [6.45, 7) is 2.17. The molecule has 0 aliphatic carbocycles. The van der Waals surface area contributed by atoms with Crippen molar-refractivity contribution in [1.82, 2.24) is 19.9 Å². The van der Waals surface area contributed by atoms with Crippen molar-refractivity contribution in [3.63, 3.8) is 0 Å². The van der Waals surface area contributed by atoms with Crippen LogP contribution in [-0.4, -0.2) is 50.6 Å². The van der Waals surface area contributed by atoms with E-state index in [-0.39, 0.29) is 48.5 Å². The number of fused-ring (bicyclic) bond motifs is 1. The minimum Gasteiger partial charge on any atom is -0.385 e. The van der Waals surface area contributed by atoms with Gasteiger partial charge in [0.05, 0.1) is 22.6 Å². The summed E-state index contributed by atoms with van der Waals surface area (Å²) in [5, 5.41) is 14.6. The van der Waals surface area contributed by atoms with Gasteiger partial charge in [0.2, 0.25) is 0 Å². The highest BCUT2D eigenvalue weighted by molar-refractivity contribution is 5.87. The first-order valence-electron chi connectivity index (χ1n) is 11.4. The van der Waals surface area contributed by atoms with Crippen LogP contribution in [0.15, 0.2) is 29.1 Å². The molecule has 1 amide bonds. The van der Waals surface area contributed by atoms with E-state index in [0.29, 0.717) is 11.2 Å². The number of alkyl halides is 3. The monoisotopic (exact) mass is 507 g/mol. The highest BCUT2D eigenvalue weighted by atomic mass is 19.3. The number of carbonyl (C=O) groups excluding carboxylic acids is 1. The largest absolute Gasteiger partial charge is 0.385 e. The van der Waals surface area contributed by atoms with E-state index in [4.69, 9.17) is 0 Å². The Morgan fingerprint density at radius 2 is 1.92 bits per heavy atom. The van der Waals surface area contributed by atoms with Crippen molar-refractivity contribution in [1.29, 1.82) is 0 Å². The quantitative estimate of drug-likeness (QED) is 0.440. The van der Waals surface area contributed by atoms with Crippen LogP contribution in [-0.2, 0) is 10.4 Å². The van der Waals surface area contributed by atoms with E-state index in [1.54, 1.807) is 13.8 Å². The number of likely N-dealkylation sites (tertiary alicyclic amines) is 1. The Morgan fingerprint density at radius 3 is 2.56 bits per heavy atom. The lowest BCUT2D eigenvalue weighted by atomic mass is 9.84. The zero-order valence-electron chi connectivity index (χ0n) is 19.6. The molecule has 1 fully saturated rings. The second-order valence-electron chi connectivity index (χ2n) is 8.86. The van der Waals surface area contributed by atoms with E-state index < -0.39 is 47.6 Å². The Hall–Kier alpha value is -3.54. The molecule has 0 bridgehead atoms. The highest BCUT2D eigenvalue weighted by Crippen LogP contribution is 2.34. The summed E-state index contributed by atoms with van der Waals surface area (Å²) < 4.78 is 53.8. The molecule has 2 aromatic heterocycles. The molecule has 12 heteroatoms. The van der Waals surface area contributed by atoms with Gasteiger partial charge in [-0.1, -0.05) is 18.2 Å². The van der Waals surface area contributed by atoms with Crippen LogP contribution in [0, 0.1) is 12.7 Å². The molecular weight excluding hydrogens is 482 g/mol. The van der Waals surface area contributed by atoms with Crippen molar-refractivity contribution in [3.05, 3.63) is 63.0 Å². The minimum absolute atomic E-state index is 0.00499. The summed E-state index contributed by atoms with van der Waals surface area (Å²) in [6.07, 6.45) is -2.94. The van der Waals surface area contributed by atoms with Crippen molar-refractivity contribution < 1.29 is 27.5 Å². The fourth-order valence-corrected chi connectivity index (χ4v) is 4.49. The predicted molar refractivity (Wildman–Crippen MR) is 124 cm³/mol. The van der Waals surface area contributed by atoms with Crippen molar-refractivity contribution in [2.24, 2.45) is 0 Å². The summed E-state index contributed by atoms with van der Waals surface area (Å²) in [6, 6.07) is 4.39. The molecule has 1 aromatic carbocycles. The van der Waals surface area contributed by atoms with E-state index in [2.05, 4.69) is 20.3 Å². The van der Waals surface area contributed by atoms with Gasteiger partial charge in [-0.25, -0.2) is 27.5 Å². The zero-order chi connectivity index (χ0) is 26.2. The molecule has 1 aliphatic rings. The lowest BCUT2D eigenvalue weighted by Crippen LogP contribution is -2.47. The molecule has 1 atom stereocenters. The number of anilines is 1. The number of nitrogens with zero attached hydrogens (tertiary/aromatic N) is 3. The molecule has 8 nitrogen and oxygen atoms in total. The van der Waals surface area contributed by atoms with Crippen molar-refractivity contribution in [2.75, 3.05) is 25.1 Å². The zero-order valence-corrected chi connectivity index (χ0v) is 19.6. The number of hydrogen-bond donors (Lipinski definition) is 3. The summed E-state index contributed by atoms with van der Waals surface area (Å²) in [7, 11) is 0. The van der Waals surface area contributed by atoms with Crippen molar-refractivity contribution in [2.45, 2.75) is 44.8 Å². The summed E-state index contributed by atoms with van der Waals surface area (Å²) in [4.78, 5) is 37.0. The number of aromatic nitrogens is 3. The molecule has 192 valence electrons. The first-order chi connectivity index (χ1) is 17.0. The van der Waals surface area contributed by atoms with E-state index in [9.17, 15) is 32.3 Å². The van der Waals surface area contributed by atoms with Crippen LogP contribution in [0.5, 0.6) is 0 Å². The topological polar surface area (TPSA) is 111 Å². The average molecular weight is 507 g/mol. The van der Waals surface area contributed by atoms with Gasteiger partial charge in [-0.3, -0.25) is 9.59 Å². The molecule has 3 aromatic rings. The fourth-order valence-electron chi connectivity index (χ4n) is 4.49. The number of carbonyl (C=O) groups is 1. The van der Waals surface area contributed by atoms with Crippen LogP contribution in [0.3, 0.4) is 0 Å². The molecule has 1 saturated heterocycles.